The molecule has 6 heteroatoms. The number of benzene rings is 1. The summed E-state index contributed by atoms with van der Waals surface area (Å²) in [6.45, 7) is 2.59. The third kappa shape index (κ3) is 2.59. The third-order valence-corrected chi connectivity index (χ3v) is 4.73. The lowest BCUT2D eigenvalue weighted by atomic mass is 10.1. The van der Waals surface area contributed by atoms with Crippen molar-refractivity contribution in [3.8, 4) is 5.75 Å². The summed E-state index contributed by atoms with van der Waals surface area (Å²) in [6.07, 6.45) is 1.96. The van der Waals surface area contributed by atoms with Crippen molar-refractivity contribution in [2.24, 2.45) is 0 Å². The highest BCUT2D eigenvalue weighted by molar-refractivity contribution is 6.30. The second-order valence-electron chi connectivity index (χ2n) is 6.11. The molecule has 0 radical (unpaired) electrons. The van der Waals surface area contributed by atoms with E-state index in [2.05, 4.69) is 5.16 Å². The Hall–Kier alpha value is -2.01. The first kappa shape index (κ1) is 14.6. The molecule has 1 amide bonds. The summed E-state index contributed by atoms with van der Waals surface area (Å²) in [7, 11) is 0. The van der Waals surface area contributed by atoms with Gasteiger partial charge < -0.3 is 14.2 Å². The zero-order valence-corrected chi connectivity index (χ0v) is 13.5. The number of carbonyl (C=O) groups excluding carboxylic acids is 1. The molecule has 5 nitrogen and oxygen atoms in total. The molecule has 120 valence electrons. The van der Waals surface area contributed by atoms with Crippen molar-refractivity contribution in [1.29, 1.82) is 0 Å². The van der Waals surface area contributed by atoms with Crippen LogP contribution < -0.4 is 4.74 Å². The van der Waals surface area contributed by atoms with Crippen molar-refractivity contribution in [2.45, 2.75) is 38.3 Å². The van der Waals surface area contributed by atoms with E-state index >= 15 is 0 Å². The molecule has 23 heavy (non-hydrogen) atoms. The largest absolute Gasteiger partial charge is 0.480 e. The van der Waals surface area contributed by atoms with Crippen molar-refractivity contribution < 1.29 is 14.1 Å². The Morgan fingerprint density at radius 1 is 1.39 bits per heavy atom. The molecule has 2 atom stereocenters. The molecular weight excluding hydrogens is 316 g/mol. The SMILES string of the molecule is Cc1cc([C@H]2CCCN2C(=O)[C@@H]2Cc3cc(Cl)ccc3O2)no1. The second-order valence-corrected chi connectivity index (χ2v) is 6.55. The number of halogens is 1. The van der Waals surface area contributed by atoms with Crippen LogP contribution in [0.5, 0.6) is 5.75 Å². The van der Waals surface area contributed by atoms with Crippen LogP contribution in [0.2, 0.25) is 5.02 Å². The number of likely N-dealkylation sites (tertiary alicyclic amines) is 1. The minimum absolute atomic E-state index is 0.0143. The fraction of sp³-hybridized carbons (Fsp3) is 0.412. The van der Waals surface area contributed by atoms with Crippen LogP contribution in [-0.2, 0) is 11.2 Å². The summed E-state index contributed by atoms with van der Waals surface area (Å²) in [6, 6.07) is 7.36. The maximum atomic E-state index is 12.9. The predicted octanol–water partition coefficient (Wildman–Crippen LogP) is 3.30. The van der Waals surface area contributed by atoms with Crippen LogP contribution in [0.4, 0.5) is 0 Å². The van der Waals surface area contributed by atoms with Gasteiger partial charge in [0, 0.05) is 24.1 Å². The normalized spacial score (nSPS) is 23.0. The monoisotopic (exact) mass is 332 g/mol. The molecule has 0 spiro atoms. The van der Waals surface area contributed by atoms with Crippen LogP contribution in [0, 0.1) is 6.92 Å². The molecule has 0 unspecified atom stereocenters. The van der Waals surface area contributed by atoms with Gasteiger partial charge in [-0.1, -0.05) is 16.8 Å². The first-order chi connectivity index (χ1) is 11.1. The maximum absolute atomic E-state index is 12.9. The molecule has 2 aliphatic rings. The molecule has 2 aromatic rings. The number of fused-ring (bicyclic) bond motifs is 1. The molecule has 1 aromatic heterocycles. The molecule has 1 saturated heterocycles. The van der Waals surface area contributed by atoms with Gasteiger partial charge in [-0.05, 0) is 43.5 Å². The van der Waals surface area contributed by atoms with E-state index in [-0.39, 0.29) is 11.9 Å². The number of ether oxygens (including phenoxy) is 1. The Bertz CT molecular complexity index is 758. The van der Waals surface area contributed by atoms with Gasteiger partial charge in [0.1, 0.15) is 17.2 Å². The Kier molecular flexibility index (Phi) is 3.53. The minimum atomic E-state index is -0.475. The molecule has 0 bridgehead atoms. The van der Waals surface area contributed by atoms with E-state index in [1.54, 1.807) is 6.07 Å². The van der Waals surface area contributed by atoms with Crippen LogP contribution >= 0.6 is 11.6 Å². The van der Waals surface area contributed by atoms with Crippen LogP contribution in [0.15, 0.2) is 28.8 Å². The van der Waals surface area contributed by atoms with Gasteiger partial charge in [0.25, 0.3) is 5.91 Å². The lowest BCUT2D eigenvalue weighted by molar-refractivity contribution is -0.139. The number of carbonyl (C=O) groups is 1. The highest BCUT2D eigenvalue weighted by Crippen LogP contribution is 2.36. The molecule has 2 aliphatic heterocycles. The number of nitrogens with zero attached hydrogens (tertiary/aromatic N) is 2. The predicted molar refractivity (Wildman–Crippen MR) is 84.5 cm³/mol. The summed E-state index contributed by atoms with van der Waals surface area (Å²) in [5.74, 6) is 1.53. The fourth-order valence-electron chi connectivity index (χ4n) is 3.42. The summed E-state index contributed by atoms with van der Waals surface area (Å²) in [4.78, 5) is 14.8. The molecule has 1 aromatic carbocycles. The number of hydrogen-bond donors (Lipinski definition) is 0. The van der Waals surface area contributed by atoms with E-state index in [0.717, 1.165) is 42.2 Å². The summed E-state index contributed by atoms with van der Waals surface area (Å²) in [5, 5.41) is 4.75. The Morgan fingerprint density at radius 2 is 2.26 bits per heavy atom. The van der Waals surface area contributed by atoms with Crippen LogP contribution in [0.1, 0.15) is 35.9 Å². The van der Waals surface area contributed by atoms with Gasteiger partial charge in [-0.25, -0.2) is 0 Å². The lowest BCUT2D eigenvalue weighted by Gasteiger charge is -2.25. The standard InChI is InChI=1S/C17H17ClN2O3/c1-10-7-13(19-23-10)14-3-2-6-20(14)17(21)16-9-11-8-12(18)4-5-15(11)22-16/h4-5,7-8,14,16H,2-3,6,9H2,1H3/t14-,16+/m1/s1. The molecule has 0 aliphatic carbocycles. The molecule has 3 heterocycles. The topological polar surface area (TPSA) is 55.6 Å². The zero-order chi connectivity index (χ0) is 16.0. The van der Waals surface area contributed by atoms with Crippen LogP contribution in [0.25, 0.3) is 0 Å². The van der Waals surface area contributed by atoms with E-state index in [4.69, 9.17) is 20.9 Å². The van der Waals surface area contributed by atoms with Gasteiger partial charge in [-0.15, -0.1) is 0 Å². The zero-order valence-electron chi connectivity index (χ0n) is 12.8. The van der Waals surface area contributed by atoms with Crippen molar-refractivity contribution in [3.05, 3.63) is 46.3 Å². The van der Waals surface area contributed by atoms with E-state index in [9.17, 15) is 4.79 Å². The lowest BCUT2D eigenvalue weighted by Crippen LogP contribution is -2.41. The Labute approximate surface area is 139 Å². The summed E-state index contributed by atoms with van der Waals surface area (Å²) < 4.78 is 11.0. The summed E-state index contributed by atoms with van der Waals surface area (Å²) >= 11 is 6.01. The van der Waals surface area contributed by atoms with Crippen LogP contribution in [-0.4, -0.2) is 28.6 Å². The maximum Gasteiger partial charge on any atom is 0.264 e. The molecule has 1 fully saturated rings. The molecule has 4 rings (SSSR count). The van der Waals surface area contributed by atoms with Gasteiger partial charge in [0.2, 0.25) is 0 Å². The number of amides is 1. The second kappa shape index (κ2) is 5.57. The van der Waals surface area contributed by atoms with E-state index in [0.29, 0.717) is 11.4 Å². The highest BCUT2D eigenvalue weighted by Gasteiger charge is 2.39. The van der Waals surface area contributed by atoms with Gasteiger partial charge in [0.15, 0.2) is 6.10 Å². The number of aryl methyl sites for hydroxylation is 1. The Balaban J connectivity index is 1.53. The van der Waals surface area contributed by atoms with Crippen molar-refractivity contribution in [1.82, 2.24) is 10.1 Å². The third-order valence-electron chi connectivity index (χ3n) is 4.50. The molecule has 0 N–H and O–H groups in total. The van der Waals surface area contributed by atoms with Crippen molar-refractivity contribution in [3.63, 3.8) is 0 Å². The van der Waals surface area contributed by atoms with Gasteiger partial charge in [0.05, 0.1) is 6.04 Å². The minimum Gasteiger partial charge on any atom is -0.480 e. The average molecular weight is 333 g/mol. The Morgan fingerprint density at radius 3 is 3.04 bits per heavy atom. The van der Waals surface area contributed by atoms with Gasteiger partial charge in [-0.2, -0.15) is 0 Å². The number of hydrogen-bond acceptors (Lipinski definition) is 4. The molecule has 0 saturated carbocycles. The molecular formula is C17H17ClN2O3. The first-order valence-corrected chi connectivity index (χ1v) is 8.18. The van der Waals surface area contributed by atoms with E-state index in [1.165, 1.54) is 0 Å². The highest BCUT2D eigenvalue weighted by atomic mass is 35.5. The first-order valence-electron chi connectivity index (χ1n) is 7.80. The van der Waals surface area contributed by atoms with Gasteiger partial charge >= 0.3 is 0 Å². The van der Waals surface area contributed by atoms with Crippen molar-refractivity contribution >= 4 is 17.5 Å². The van der Waals surface area contributed by atoms with Crippen LogP contribution in [0.3, 0.4) is 0 Å². The number of rotatable bonds is 2. The van der Waals surface area contributed by atoms with E-state index < -0.39 is 6.10 Å². The smallest absolute Gasteiger partial charge is 0.264 e. The van der Waals surface area contributed by atoms with Crippen molar-refractivity contribution in [2.75, 3.05) is 6.54 Å². The van der Waals surface area contributed by atoms with E-state index in [1.807, 2.05) is 30.0 Å². The average Bonchev–Trinajstić information content (AvgIpc) is 3.23. The fourth-order valence-corrected chi connectivity index (χ4v) is 3.62. The quantitative estimate of drug-likeness (QED) is 0.846. The van der Waals surface area contributed by atoms with Gasteiger partial charge in [-0.3, -0.25) is 4.79 Å². The summed E-state index contributed by atoms with van der Waals surface area (Å²) in [5.41, 5.74) is 1.82. The number of aromatic nitrogens is 1.